The Balaban J connectivity index is 2.73. The zero-order chi connectivity index (χ0) is 15.1. The van der Waals surface area contributed by atoms with Crippen molar-refractivity contribution >= 4 is 23.3 Å². The summed E-state index contributed by atoms with van der Waals surface area (Å²) < 4.78 is 5.16. The topological polar surface area (TPSA) is 70.6 Å². The first-order valence-electron chi connectivity index (χ1n) is 6.50. The minimum Gasteiger partial charge on any atom is -0.493 e. The normalized spacial score (nSPS) is 12.1. The molecule has 0 aliphatic carbocycles. The first-order chi connectivity index (χ1) is 9.49. The second-order valence-corrected chi connectivity index (χ2v) is 5.19. The maximum absolute atomic E-state index is 12.0. The van der Waals surface area contributed by atoms with Crippen molar-refractivity contribution in [2.24, 2.45) is 5.92 Å². The lowest BCUT2D eigenvalue weighted by atomic mass is 10.0. The van der Waals surface area contributed by atoms with E-state index in [1.807, 2.05) is 13.8 Å². The van der Waals surface area contributed by atoms with Gasteiger partial charge in [0.2, 0.25) is 0 Å². The summed E-state index contributed by atoms with van der Waals surface area (Å²) in [7, 11) is 1.49. The SMILES string of the molecule is COc1c(Cl)cccc1NC(=O)NC(CCO)C(C)C. The van der Waals surface area contributed by atoms with Crippen molar-refractivity contribution in [2.75, 3.05) is 19.0 Å². The number of hydrogen-bond donors (Lipinski definition) is 3. The third-order valence-electron chi connectivity index (χ3n) is 2.98. The van der Waals surface area contributed by atoms with Crippen LogP contribution in [0, 0.1) is 5.92 Å². The van der Waals surface area contributed by atoms with Crippen molar-refractivity contribution < 1.29 is 14.6 Å². The zero-order valence-corrected chi connectivity index (χ0v) is 12.7. The molecule has 0 bridgehead atoms. The van der Waals surface area contributed by atoms with Gasteiger partial charge in [-0.3, -0.25) is 0 Å². The van der Waals surface area contributed by atoms with Crippen LogP contribution in [0.4, 0.5) is 10.5 Å². The average molecular weight is 301 g/mol. The standard InChI is InChI=1S/C14H21ClN2O3/c1-9(2)11(7-8-18)16-14(19)17-12-6-4-5-10(15)13(12)20-3/h4-6,9,11,18H,7-8H2,1-3H3,(H2,16,17,19). The molecule has 0 saturated heterocycles. The Labute approximate surface area is 124 Å². The number of amides is 2. The van der Waals surface area contributed by atoms with Crippen LogP contribution in [0.1, 0.15) is 20.3 Å². The predicted molar refractivity (Wildman–Crippen MR) is 80.5 cm³/mol. The number of benzene rings is 1. The number of methoxy groups -OCH3 is 1. The van der Waals surface area contributed by atoms with Gasteiger partial charge in [0.1, 0.15) is 0 Å². The van der Waals surface area contributed by atoms with E-state index >= 15 is 0 Å². The van der Waals surface area contributed by atoms with Gasteiger partial charge in [0.15, 0.2) is 5.75 Å². The second-order valence-electron chi connectivity index (χ2n) is 4.78. The lowest BCUT2D eigenvalue weighted by Gasteiger charge is -2.22. The van der Waals surface area contributed by atoms with Crippen molar-refractivity contribution in [2.45, 2.75) is 26.3 Å². The molecule has 5 nitrogen and oxygen atoms in total. The molecule has 3 N–H and O–H groups in total. The van der Waals surface area contributed by atoms with Crippen LogP contribution in [0.25, 0.3) is 0 Å². The summed E-state index contributed by atoms with van der Waals surface area (Å²) in [6.45, 7) is 4.00. The van der Waals surface area contributed by atoms with Gasteiger partial charge >= 0.3 is 6.03 Å². The molecule has 20 heavy (non-hydrogen) atoms. The molecule has 1 unspecified atom stereocenters. The molecule has 6 heteroatoms. The van der Waals surface area contributed by atoms with Gasteiger partial charge < -0.3 is 20.5 Å². The van der Waals surface area contributed by atoms with Crippen LogP contribution in [-0.2, 0) is 0 Å². The number of hydrogen-bond acceptors (Lipinski definition) is 3. The number of rotatable bonds is 6. The highest BCUT2D eigenvalue weighted by molar-refractivity contribution is 6.32. The summed E-state index contributed by atoms with van der Waals surface area (Å²) in [6, 6.07) is 4.68. The molecule has 0 radical (unpaired) electrons. The average Bonchev–Trinajstić information content (AvgIpc) is 2.38. The van der Waals surface area contributed by atoms with Crippen molar-refractivity contribution in [1.29, 1.82) is 0 Å². The monoisotopic (exact) mass is 300 g/mol. The molecule has 0 fully saturated rings. The van der Waals surface area contributed by atoms with E-state index in [2.05, 4.69) is 10.6 Å². The van der Waals surface area contributed by atoms with E-state index in [-0.39, 0.29) is 24.6 Å². The summed E-state index contributed by atoms with van der Waals surface area (Å²) in [5.74, 6) is 0.654. The number of aliphatic hydroxyl groups is 1. The van der Waals surface area contributed by atoms with Crippen LogP contribution < -0.4 is 15.4 Å². The molecule has 1 atom stereocenters. The Morgan fingerprint density at radius 1 is 1.45 bits per heavy atom. The molecular weight excluding hydrogens is 280 g/mol. The molecule has 0 aromatic heterocycles. The van der Waals surface area contributed by atoms with Crippen LogP contribution in [0.15, 0.2) is 18.2 Å². The molecular formula is C14H21ClN2O3. The number of nitrogens with one attached hydrogen (secondary N) is 2. The number of anilines is 1. The minimum atomic E-state index is -0.349. The highest BCUT2D eigenvalue weighted by Crippen LogP contribution is 2.32. The van der Waals surface area contributed by atoms with Gasteiger partial charge in [0.05, 0.1) is 17.8 Å². The fourth-order valence-corrected chi connectivity index (χ4v) is 2.10. The van der Waals surface area contributed by atoms with Gasteiger partial charge in [-0.2, -0.15) is 0 Å². The quantitative estimate of drug-likeness (QED) is 0.756. The molecule has 112 valence electrons. The maximum Gasteiger partial charge on any atom is 0.319 e. The highest BCUT2D eigenvalue weighted by Gasteiger charge is 2.17. The molecule has 0 aliphatic rings. The Morgan fingerprint density at radius 2 is 2.15 bits per heavy atom. The number of para-hydroxylation sites is 1. The van der Waals surface area contributed by atoms with Gasteiger partial charge in [-0.25, -0.2) is 4.79 Å². The van der Waals surface area contributed by atoms with E-state index in [0.717, 1.165) is 0 Å². The predicted octanol–water partition coefficient (Wildman–Crippen LogP) is 2.88. The summed E-state index contributed by atoms with van der Waals surface area (Å²) in [5, 5.41) is 15.0. The highest BCUT2D eigenvalue weighted by atomic mass is 35.5. The summed E-state index contributed by atoms with van der Waals surface area (Å²) in [4.78, 5) is 12.0. The van der Waals surface area contributed by atoms with Gasteiger partial charge in [-0.05, 0) is 24.5 Å². The lowest BCUT2D eigenvalue weighted by molar-refractivity contribution is 0.227. The van der Waals surface area contributed by atoms with Crippen LogP contribution >= 0.6 is 11.6 Å². The first-order valence-corrected chi connectivity index (χ1v) is 6.88. The van der Waals surface area contributed by atoms with E-state index < -0.39 is 0 Å². The number of aliphatic hydroxyl groups excluding tert-OH is 1. The Kier molecular flexibility index (Phi) is 6.61. The third-order valence-corrected chi connectivity index (χ3v) is 3.28. The van der Waals surface area contributed by atoms with Crippen LogP contribution in [-0.4, -0.2) is 30.9 Å². The van der Waals surface area contributed by atoms with Crippen LogP contribution in [0.2, 0.25) is 5.02 Å². The third kappa shape index (κ3) is 4.58. The molecule has 1 aromatic rings. The summed E-state index contributed by atoms with van der Waals surface area (Å²) in [6.07, 6.45) is 0.512. The zero-order valence-electron chi connectivity index (χ0n) is 11.9. The second kappa shape index (κ2) is 7.97. The number of carbonyl (C=O) groups excluding carboxylic acids is 1. The van der Waals surface area contributed by atoms with Crippen LogP contribution in [0.3, 0.4) is 0 Å². The Hall–Kier alpha value is -1.46. The fraction of sp³-hybridized carbons (Fsp3) is 0.500. The number of ether oxygens (including phenoxy) is 1. The Morgan fingerprint density at radius 3 is 2.70 bits per heavy atom. The largest absolute Gasteiger partial charge is 0.493 e. The molecule has 2 amide bonds. The summed E-state index contributed by atoms with van der Waals surface area (Å²) in [5.41, 5.74) is 0.504. The van der Waals surface area contributed by atoms with Crippen molar-refractivity contribution in [3.63, 3.8) is 0 Å². The Bertz CT molecular complexity index is 452. The summed E-state index contributed by atoms with van der Waals surface area (Å²) >= 11 is 5.99. The van der Waals surface area contributed by atoms with Crippen molar-refractivity contribution in [3.8, 4) is 5.75 Å². The molecule has 0 saturated carbocycles. The van der Waals surface area contributed by atoms with Gasteiger partial charge in [-0.1, -0.05) is 31.5 Å². The van der Waals surface area contributed by atoms with Gasteiger partial charge in [0.25, 0.3) is 0 Å². The first kappa shape index (κ1) is 16.6. The number of carbonyl (C=O) groups is 1. The smallest absolute Gasteiger partial charge is 0.319 e. The van der Waals surface area contributed by atoms with E-state index in [1.54, 1.807) is 18.2 Å². The molecule has 0 heterocycles. The molecule has 1 aromatic carbocycles. The number of urea groups is 1. The van der Waals surface area contributed by atoms with E-state index in [9.17, 15) is 4.79 Å². The van der Waals surface area contributed by atoms with Gasteiger partial charge in [0, 0.05) is 12.6 Å². The van der Waals surface area contributed by atoms with E-state index in [1.165, 1.54) is 7.11 Å². The minimum absolute atomic E-state index is 0.0314. The van der Waals surface area contributed by atoms with Crippen molar-refractivity contribution in [1.82, 2.24) is 5.32 Å². The van der Waals surface area contributed by atoms with Gasteiger partial charge in [-0.15, -0.1) is 0 Å². The van der Waals surface area contributed by atoms with Crippen LogP contribution in [0.5, 0.6) is 5.75 Å². The van der Waals surface area contributed by atoms with Crippen molar-refractivity contribution in [3.05, 3.63) is 23.2 Å². The fourth-order valence-electron chi connectivity index (χ4n) is 1.85. The molecule has 0 spiro atoms. The lowest BCUT2D eigenvalue weighted by Crippen LogP contribution is -2.41. The van der Waals surface area contributed by atoms with E-state index in [0.29, 0.717) is 22.9 Å². The molecule has 1 rings (SSSR count). The number of halogens is 1. The maximum atomic E-state index is 12.0. The molecule has 0 aliphatic heterocycles. The van der Waals surface area contributed by atoms with E-state index in [4.69, 9.17) is 21.4 Å².